The summed E-state index contributed by atoms with van der Waals surface area (Å²) in [5.41, 5.74) is 0.878. The molecule has 24 heavy (non-hydrogen) atoms. The van der Waals surface area contributed by atoms with Gasteiger partial charge in [0.05, 0.1) is 12.5 Å². The Morgan fingerprint density at radius 3 is 2.88 bits per heavy atom. The van der Waals surface area contributed by atoms with E-state index in [2.05, 4.69) is 4.98 Å². The first-order valence-electron chi connectivity index (χ1n) is 7.81. The Morgan fingerprint density at radius 2 is 2.12 bits per heavy atom. The Morgan fingerprint density at radius 1 is 1.33 bits per heavy atom. The van der Waals surface area contributed by atoms with Crippen LogP contribution in [0.5, 0.6) is 0 Å². The van der Waals surface area contributed by atoms with E-state index in [1.807, 2.05) is 30.3 Å². The molecule has 7 heteroatoms. The minimum atomic E-state index is -0.292. The van der Waals surface area contributed by atoms with Gasteiger partial charge in [-0.15, -0.1) is 0 Å². The molecule has 3 rings (SSSR count). The van der Waals surface area contributed by atoms with E-state index in [4.69, 9.17) is 0 Å². The van der Waals surface area contributed by atoms with Gasteiger partial charge in [-0.3, -0.25) is 14.2 Å². The van der Waals surface area contributed by atoms with E-state index in [9.17, 15) is 14.7 Å². The van der Waals surface area contributed by atoms with Gasteiger partial charge in [-0.2, -0.15) is 0 Å². The second-order valence-corrected chi connectivity index (χ2v) is 6.64. The van der Waals surface area contributed by atoms with Crippen LogP contribution in [-0.4, -0.2) is 44.4 Å². The Bertz CT molecular complexity index is 763. The number of benzene rings is 1. The predicted octanol–water partition coefficient (Wildman–Crippen LogP) is 0.986. The standard InChI is InChI=1S/C17H19N3O3S/c21-9-8-19(10-13-4-2-1-3-5-13)16(23)14-11-20-15(22)6-7-18-17(20)24-12-14/h1-7,14,21H,8-12H2. The van der Waals surface area contributed by atoms with Crippen molar-refractivity contribution in [2.75, 3.05) is 18.9 Å². The van der Waals surface area contributed by atoms with Gasteiger partial charge in [0, 0.05) is 37.7 Å². The molecule has 0 saturated heterocycles. The lowest BCUT2D eigenvalue weighted by Gasteiger charge is -2.30. The molecule has 2 aromatic rings. The molecular formula is C17H19N3O3S. The summed E-state index contributed by atoms with van der Waals surface area (Å²) in [6, 6.07) is 11.1. The van der Waals surface area contributed by atoms with Crippen LogP contribution >= 0.6 is 11.8 Å². The van der Waals surface area contributed by atoms with Crippen LogP contribution in [0, 0.1) is 5.92 Å². The van der Waals surface area contributed by atoms with Crippen molar-refractivity contribution in [2.45, 2.75) is 18.2 Å². The molecule has 0 aliphatic carbocycles. The number of aromatic nitrogens is 2. The van der Waals surface area contributed by atoms with Gasteiger partial charge in [0.1, 0.15) is 0 Å². The summed E-state index contributed by atoms with van der Waals surface area (Å²) in [5, 5.41) is 9.96. The molecule has 2 heterocycles. The van der Waals surface area contributed by atoms with Crippen molar-refractivity contribution in [3.05, 3.63) is 58.5 Å². The van der Waals surface area contributed by atoms with Gasteiger partial charge >= 0.3 is 0 Å². The molecule has 6 nitrogen and oxygen atoms in total. The van der Waals surface area contributed by atoms with Crippen molar-refractivity contribution >= 4 is 17.7 Å². The highest BCUT2D eigenvalue weighted by Gasteiger charge is 2.29. The number of nitrogens with zero attached hydrogens (tertiary/aromatic N) is 3. The third kappa shape index (κ3) is 3.68. The van der Waals surface area contributed by atoms with Crippen LogP contribution in [-0.2, 0) is 17.9 Å². The highest BCUT2D eigenvalue weighted by molar-refractivity contribution is 7.99. The zero-order chi connectivity index (χ0) is 16.9. The lowest BCUT2D eigenvalue weighted by molar-refractivity contribution is -0.136. The maximum absolute atomic E-state index is 12.9. The molecule has 0 bridgehead atoms. The van der Waals surface area contributed by atoms with Gasteiger partial charge in [0.25, 0.3) is 5.56 Å². The smallest absolute Gasteiger partial charge is 0.254 e. The number of rotatable bonds is 5. The monoisotopic (exact) mass is 345 g/mol. The molecule has 1 aromatic carbocycles. The minimum absolute atomic E-state index is 0.0400. The summed E-state index contributed by atoms with van der Waals surface area (Å²) in [6.07, 6.45) is 1.50. The maximum atomic E-state index is 12.9. The van der Waals surface area contributed by atoms with E-state index in [0.29, 0.717) is 24.0 Å². The Kier molecular flexibility index (Phi) is 5.32. The van der Waals surface area contributed by atoms with Crippen LogP contribution in [0.2, 0.25) is 0 Å². The number of hydrogen-bond acceptors (Lipinski definition) is 5. The molecule has 0 saturated carbocycles. The largest absolute Gasteiger partial charge is 0.395 e. The summed E-state index contributed by atoms with van der Waals surface area (Å²) in [6.45, 7) is 0.987. The van der Waals surface area contributed by atoms with Gasteiger partial charge in [-0.05, 0) is 5.56 Å². The third-order valence-corrected chi connectivity index (χ3v) is 5.12. The first-order valence-corrected chi connectivity index (χ1v) is 8.80. The SMILES string of the molecule is O=C(C1CSc2nccc(=O)n2C1)N(CCO)Cc1ccccc1. The van der Waals surface area contributed by atoms with Crippen LogP contribution in [0.15, 0.2) is 52.5 Å². The molecule has 1 aliphatic heterocycles. The maximum Gasteiger partial charge on any atom is 0.254 e. The molecule has 1 aromatic heterocycles. The quantitative estimate of drug-likeness (QED) is 0.818. The van der Waals surface area contributed by atoms with Crippen LogP contribution < -0.4 is 5.56 Å². The van der Waals surface area contributed by atoms with Gasteiger partial charge in [-0.25, -0.2) is 4.98 Å². The minimum Gasteiger partial charge on any atom is -0.395 e. The summed E-state index contributed by atoms with van der Waals surface area (Å²) < 4.78 is 1.55. The fourth-order valence-corrected chi connectivity index (χ4v) is 3.80. The number of fused-ring (bicyclic) bond motifs is 1. The zero-order valence-corrected chi connectivity index (χ0v) is 14.0. The Hall–Kier alpha value is -2.12. The lowest BCUT2D eigenvalue weighted by atomic mass is 10.1. The zero-order valence-electron chi connectivity index (χ0n) is 13.2. The van der Waals surface area contributed by atoms with Crippen molar-refractivity contribution in [3.63, 3.8) is 0 Å². The van der Waals surface area contributed by atoms with Crippen LogP contribution in [0.4, 0.5) is 0 Å². The van der Waals surface area contributed by atoms with Gasteiger partial charge in [-0.1, -0.05) is 42.1 Å². The van der Waals surface area contributed by atoms with Gasteiger partial charge in [0.2, 0.25) is 5.91 Å². The number of aliphatic hydroxyl groups excluding tert-OH is 1. The summed E-state index contributed by atoms with van der Waals surface area (Å²) in [7, 11) is 0. The van der Waals surface area contributed by atoms with Crippen molar-refractivity contribution in [1.82, 2.24) is 14.5 Å². The molecule has 1 atom stereocenters. The highest BCUT2D eigenvalue weighted by Crippen LogP contribution is 2.26. The molecule has 1 aliphatic rings. The van der Waals surface area contributed by atoms with E-state index in [1.165, 1.54) is 24.0 Å². The lowest BCUT2D eigenvalue weighted by Crippen LogP contribution is -2.43. The molecule has 0 spiro atoms. The second-order valence-electron chi connectivity index (χ2n) is 5.65. The summed E-state index contributed by atoms with van der Waals surface area (Å²) in [4.78, 5) is 30.7. The summed E-state index contributed by atoms with van der Waals surface area (Å²) >= 11 is 1.42. The van der Waals surface area contributed by atoms with E-state index in [-0.39, 0.29) is 30.5 Å². The molecule has 126 valence electrons. The molecule has 1 unspecified atom stereocenters. The normalized spacial score (nSPS) is 16.5. The number of carbonyl (C=O) groups excluding carboxylic acids is 1. The van der Waals surface area contributed by atoms with E-state index >= 15 is 0 Å². The average molecular weight is 345 g/mol. The fourth-order valence-electron chi connectivity index (χ4n) is 2.75. The van der Waals surface area contributed by atoms with Crippen LogP contribution in [0.1, 0.15) is 5.56 Å². The number of hydrogen-bond donors (Lipinski definition) is 1. The third-order valence-electron chi connectivity index (χ3n) is 3.96. The summed E-state index contributed by atoms with van der Waals surface area (Å²) in [5.74, 6) is 0.257. The van der Waals surface area contributed by atoms with Crippen LogP contribution in [0.3, 0.4) is 0 Å². The average Bonchev–Trinajstić information content (AvgIpc) is 2.62. The second kappa shape index (κ2) is 7.63. The number of aliphatic hydroxyl groups is 1. The van der Waals surface area contributed by atoms with Gasteiger partial charge < -0.3 is 10.0 Å². The molecular weight excluding hydrogens is 326 g/mol. The van der Waals surface area contributed by atoms with Gasteiger partial charge in [0.15, 0.2) is 5.16 Å². The Balaban J connectivity index is 1.76. The van der Waals surface area contributed by atoms with E-state index in [0.717, 1.165) is 5.56 Å². The van der Waals surface area contributed by atoms with Crippen molar-refractivity contribution in [3.8, 4) is 0 Å². The topological polar surface area (TPSA) is 75.4 Å². The molecule has 1 amide bonds. The number of thioether (sulfide) groups is 1. The first-order chi connectivity index (χ1) is 11.7. The number of carbonyl (C=O) groups is 1. The van der Waals surface area contributed by atoms with Crippen molar-refractivity contribution in [1.29, 1.82) is 0 Å². The predicted molar refractivity (Wildman–Crippen MR) is 91.7 cm³/mol. The van der Waals surface area contributed by atoms with E-state index < -0.39 is 0 Å². The fraction of sp³-hybridized carbons (Fsp3) is 0.353. The van der Waals surface area contributed by atoms with E-state index in [1.54, 1.807) is 9.47 Å². The molecule has 0 fully saturated rings. The first kappa shape index (κ1) is 16.7. The van der Waals surface area contributed by atoms with Crippen LogP contribution in [0.25, 0.3) is 0 Å². The van der Waals surface area contributed by atoms with Crippen molar-refractivity contribution < 1.29 is 9.90 Å². The molecule has 1 N–H and O–H groups in total. The highest BCUT2D eigenvalue weighted by atomic mass is 32.2. The number of amides is 1. The molecule has 0 radical (unpaired) electrons. The van der Waals surface area contributed by atoms with Crippen molar-refractivity contribution in [2.24, 2.45) is 5.92 Å². The Labute approximate surface area is 144 Å².